The summed E-state index contributed by atoms with van der Waals surface area (Å²) in [6, 6.07) is 0. The van der Waals surface area contributed by atoms with Gasteiger partial charge in [0, 0.05) is 12.0 Å². The summed E-state index contributed by atoms with van der Waals surface area (Å²) in [6.07, 6.45) is 1.82. The predicted molar refractivity (Wildman–Crippen MR) is 31.0 cm³/mol. The highest BCUT2D eigenvalue weighted by molar-refractivity contribution is 8.00. The zero-order chi connectivity index (χ0) is 5.11. The van der Waals surface area contributed by atoms with Crippen molar-refractivity contribution in [1.82, 2.24) is 11.3 Å². The van der Waals surface area contributed by atoms with Gasteiger partial charge in [0.15, 0.2) is 5.50 Å². The Labute approximate surface area is 46.3 Å². The number of hydrogen-bond donors (Lipinski definition) is 1. The standard InChI is InChI=1S/C3H6N3S/c4-6-3-5-1-2-7-3/h1,3-4,6H,2H2. The van der Waals surface area contributed by atoms with Crippen molar-refractivity contribution < 1.29 is 0 Å². The van der Waals surface area contributed by atoms with Crippen LogP contribution < -0.4 is 11.3 Å². The lowest BCUT2D eigenvalue weighted by Crippen LogP contribution is -2.19. The summed E-state index contributed by atoms with van der Waals surface area (Å²) in [7, 11) is 0. The first kappa shape index (κ1) is 5.08. The maximum atomic E-state index is 6.62. The van der Waals surface area contributed by atoms with Gasteiger partial charge in [0.2, 0.25) is 0 Å². The van der Waals surface area contributed by atoms with E-state index in [0.717, 1.165) is 5.75 Å². The Kier molecular flexibility index (Phi) is 1.67. The van der Waals surface area contributed by atoms with E-state index in [1.165, 1.54) is 0 Å². The quantitative estimate of drug-likeness (QED) is 0.485. The summed E-state index contributed by atoms with van der Waals surface area (Å²) in [5.74, 6) is 7.56. The highest BCUT2D eigenvalue weighted by Crippen LogP contribution is 2.11. The van der Waals surface area contributed by atoms with E-state index in [4.69, 9.17) is 5.84 Å². The molecule has 1 radical (unpaired) electrons. The lowest BCUT2D eigenvalue weighted by atomic mass is 10.9. The zero-order valence-corrected chi connectivity index (χ0v) is 4.53. The summed E-state index contributed by atoms with van der Waals surface area (Å²) >= 11 is 1.62. The summed E-state index contributed by atoms with van der Waals surface area (Å²) in [5, 5.41) is 0. The monoisotopic (exact) mass is 116 g/mol. The van der Waals surface area contributed by atoms with Crippen LogP contribution in [0.2, 0.25) is 0 Å². The molecule has 0 aromatic rings. The fourth-order valence-electron chi connectivity index (χ4n) is 0.395. The molecule has 39 valence electrons. The van der Waals surface area contributed by atoms with Crippen LogP contribution in [0.3, 0.4) is 0 Å². The molecule has 1 aliphatic rings. The van der Waals surface area contributed by atoms with E-state index in [-0.39, 0.29) is 5.50 Å². The van der Waals surface area contributed by atoms with Crippen molar-refractivity contribution in [2.75, 3.05) is 5.75 Å². The van der Waals surface area contributed by atoms with Crippen molar-refractivity contribution in [2.24, 2.45) is 4.99 Å². The molecule has 1 rings (SSSR count). The SMILES string of the molecule is [NH]NC1N=CCS1. The maximum absolute atomic E-state index is 6.62. The van der Waals surface area contributed by atoms with Crippen LogP contribution >= 0.6 is 11.8 Å². The molecule has 3 nitrogen and oxygen atoms in total. The third kappa shape index (κ3) is 1.15. The first-order chi connectivity index (χ1) is 3.43. The van der Waals surface area contributed by atoms with Gasteiger partial charge < -0.3 is 0 Å². The highest BCUT2D eigenvalue weighted by atomic mass is 32.2. The molecule has 1 aliphatic heterocycles. The summed E-state index contributed by atoms with van der Waals surface area (Å²) in [5.41, 5.74) is 2.28. The van der Waals surface area contributed by atoms with Crippen molar-refractivity contribution in [1.29, 1.82) is 0 Å². The molecule has 2 N–H and O–H groups in total. The van der Waals surface area contributed by atoms with Crippen molar-refractivity contribution in [3.05, 3.63) is 0 Å². The lowest BCUT2D eigenvalue weighted by Gasteiger charge is -1.98. The first-order valence-corrected chi connectivity index (χ1v) is 3.04. The van der Waals surface area contributed by atoms with Gasteiger partial charge in [-0.25, -0.2) is 5.43 Å². The topological polar surface area (TPSA) is 48.2 Å². The Balaban J connectivity index is 2.28. The van der Waals surface area contributed by atoms with Crippen LogP contribution in [-0.4, -0.2) is 17.5 Å². The van der Waals surface area contributed by atoms with Gasteiger partial charge in [-0.15, -0.1) is 11.8 Å². The molecule has 0 aromatic carbocycles. The molecular formula is C3H6N3S. The van der Waals surface area contributed by atoms with Crippen LogP contribution in [-0.2, 0) is 0 Å². The van der Waals surface area contributed by atoms with Crippen molar-refractivity contribution in [2.45, 2.75) is 5.50 Å². The van der Waals surface area contributed by atoms with Gasteiger partial charge in [-0.1, -0.05) is 0 Å². The van der Waals surface area contributed by atoms with Crippen molar-refractivity contribution >= 4 is 18.0 Å². The molecule has 1 unspecified atom stereocenters. The molecule has 0 saturated carbocycles. The second kappa shape index (κ2) is 2.30. The summed E-state index contributed by atoms with van der Waals surface area (Å²) < 4.78 is 0. The summed E-state index contributed by atoms with van der Waals surface area (Å²) in [6.45, 7) is 0. The Morgan fingerprint density at radius 3 is 3.14 bits per heavy atom. The van der Waals surface area contributed by atoms with Crippen LogP contribution in [0.5, 0.6) is 0 Å². The Morgan fingerprint density at radius 2 is 2.86 bits per heavy atom. The lowest BCUT2D eigenvalue weighted by molar-refractivity contribution is 0.694. The Bertz CT molecular complexity index is 82.2. The molecule has 0 saturated heterocycles. The molecule has 0 aliphatic carbocycles. The molecule has 0 amide bonds. The van der Waals surface area contributed by atoms with Gasteiger partial charge in [0.1, 0.15) is 0 Å². The van der Waals surface area contributed by atoms with Crippen LogP contribution in [0, 0.1) is 0 Å². The number of hydrogen-bond acceptors (Lipinski definition) is 3. The van der Waals surface area contributed by atoms with E-state index in [9.17, 15) is 0 Å². The average Bonchev–Trinajstić information content (AvgIpc) is 2.14. The van der Waals surface area contributed by atoms with Crippen LogP contribution in [0.4, 0.5) is 0 Å². The number of aliphatic imine (C=N–C) groups is 1. The second-order valence-corrected chi connectivity index (χ2v) is 2.27. The molecule has 0 spiro atoms. The third-order valence-corrected chi connectivity index (χ3v) is 1.59. The first-order valence-electron chi connectivity index (χ1n) is 1.99. The number of nitrogens with one attached hydrogen (secondary N) is 2. The Morgan fingerprint density at radius 1 is 2.00 bits per heavy atom. The maximum Gasteiger partial charge on any atom is 0.160 e. The molecule has 0 bridgehead atoms. The Hall–Kier alpha value is -0.0600. The molecule has 1 atom stereocenters. The van der Waals surface area contributed by atoms with Crippen LogP contribution in [0.15, 0.2) is 4.99 Å². The van der Waals surface area contributed by atoms with Gasteiger partial charge in [0.05, 0.1) is 0 Å². The van der Waals surface area contributed by atoms with E-state index in [1.807, 2.05) is 6.21 Å². The van der Waals surface area contributed by atoms with E-state index in [0.29, 0.717) is 0 Å². The van der Waals surface area contributed by atoms with E-state index in [1.54, 1.807) is 11.8 Å². The summed E-state index contributed by atoms with van der Waals surface area (Å²) in [4.78, 5) is 3.89. The average molecular weight is 116 g/mol. The molecular weight excluding hydrogens is 110 g/mol. The van der Waals surface area contributed by atoms with Gasteiger partial charge in [-0.05, 0) is 0 Å². The van der Waals surface area contributed by atoms with Crippen LogP contribution in [0.25, 0.3) is 0 Å². The van der Waals surface area contributed by atoms with E-state index in [2.05, 4.69) is 10.4 Å². The minimum absolute atomic E-state index is 0.000000000000000444. The zero-order valence-electron chi connectivity index (χ0n) is 3.72. The fourth-order valence-corrected chi connectivity index (χ4v) is 1.00. The fraction of sp³-hybridized carbons (Fsp3) is 0.667. The van der Waals surface area contributed by atoms with Gasteiger partial charge in [-0.2, -0.15) is 5.84 Å². The third-order valence-electron chi connectivity index (χ3n) is 0.693. The minimum Gasteiger partial charge on any atom is -0.266 e. The highest BCUT2D eigenvalue weighted by Gasteiger charge is 2.05. The van der Waals surface area contributed by atoms with Gasteiger partial charge >= 0.3 is 0 Å². The normalized spacial score (nSPS) is 29.0. The minimum atomic E-state index is -0.000000000000000444. The largest absolute Gasteiger partial charge is 0.266 e. The predicted octanol–water partition coefficient (Wildman–Crippen LogP) is -0.125. The van der Waals surface area contributed by atoms with Gasteiger partial charge in [0.25, 0.3) is 0 Å². The van der Waals surface area contributed by atoms with Crippen molar-refractivity contribution in [3.8, 4) is 0 Å². The molecule has 1 heterocycles. The molecule has 0 aromatic heterocycles. The smallest absolute Gasteiger partial charge is 0.160 e. The van der Waals surface area contributed by atoms with E-state index >= 15 is 0 Å². The molecule has 7 heavy (non-hydrogen) atoms. The van der Waals surface area contributed by atoms with E-state index < -0.39 is 0 Å². The molecule has 4 heteroatoms. The molecule has 0 fully saturated rings. The van der Waals surface area contributed by atoms with Crippen LogP contribution in [0.1, 0.15) is 0 Å². The second-order valence-electron chi connectivity index (χ2n) is 1.16. The number of rotatable bonds is 1. The number of thioether (sulfide) groups is 1. The van der Waals surface area contributed by atoms with Crippen molar-refractivity contribution in [3.63, 3.8) is 0 Å². The number of nitrogens with zero attached hydrogens (tertiary/aromatic N) is 1. The van der Waals surface area contributed by atoms with Gasteiger partial charge in [-0.3, -0.25) is 4.99 Å².